The van der Waals surface area contributed by atoms with Gasteiger partial charge in [0, 0.05) is 25.9 Å². The maximum Gasteiger partial charge on any atom is 0.253 e. The van der Waals surface area contributed by atoms with E-state index in [1.54, 1.807) is 6.20 Å². The molecule has 0 spiro atoms. The number of hydrogen-bond acceptors (Lipinski definition) is 4. The number of carbonyl (C=O) groups is 1. The molecule has 0 saturated carbocycles. The quantitative estimate of drug-likeness (QED) is 0.856. The van der Waals surface area contributed by atoms with E-state index in [0.717, 1.165) is 24.5 Å². The van der Waals surface area contributed by atoms with Gasteiger partial charge < -0.3 is 15.3 Å². The summed E-state index contributed by atoms with van der Waals surface area (Å²) in [6, 6.07) is 13.2. The molecule has 0 aliphatic carbocycles. The van der Waals surface area contributed by atoms with E-state index in [4.69, 9.17) is 0 Å². The molecule has 2 heterocycles. The molecule has 1 saturated heterocycles. The summed E-state index contributed by atoms with van der Waals surface area (Å²) in [5.41, 5.74) is 1.53. The smallest absolute Gasteiger partial charge is 0.253 e. The van der Waals surface area contributed by atoms with Crippen LogP contribution in [0.15, 0.2) is 48.7 Å². The summed E-state index contributed by atoms with van der Waals surface area (Å²) >= 11 is 0. The predicted molar refractivity (Wildman–Crippen MR) is 94.0 cm³/mol. The Balaban J connectivity index is 1.68. The van der Waals surface area contributed by atoms with E-state index in [-0.39, 0.29) is 18.6 Å². The third kappa shape index (κ3) is 3.92. The molecule has 5 heteroatoms. The Morgan fingerprint density at radius 1 is 1.17 bits per heavy atom. The Morgan fingerprint density at radius 3 is 2.54 bits per heavy atom. The molecule has 1 atom stereocenters. The minimum absolute atomic E-state index is 0.0198. The van der Waals surface area contributed by atoms with Crippen molar-refractivity contribution < 1.29 is 9.90 Å². The number of aromatic nitrogens is 1. The highest BCUT2D eigenvalue weighted by molar-refractivity contribution is 5.94. The summed E-state index contributed by atoms with van der Waals surface area (Å²) in [6.07, 6.45) is 4.51. The van der Waals surface area contributed by atoms with Crippen molar-refractivity contribution in [3.8, 4) is 0 Å². The zero-order valence-electron chi connectivity index (χ0n) is 13.7. The van der Waals surface area contributed by atoms with Crippen LogP contribution in [0.4, 0.5) is 5.82 Å². The number of amides is 1. The van der Waals surface area contributed by atoms with Crippen LogP contribution in [0, 0.1) is 0 Å². The van der Waals surface area contributed by atoms with Crippen molar-refractivity contribution >= 4 is 11.7 Å². The molecule has 126 valence electrons. The Hall–Kier alpha value is -2.40. The first kappa shape index (κ1) is 16.5. The molecule has 1 aliphatic heterocycles. The zero-order valence-corrected chi connectivity index (χ0v) is 13.7. The fraction of sp³-hybridized carbons (Fsp3) is 0.368. The standard InChI is InChI=1S/C19H23N3O2/c23-13-10-17(15-6-2-1-3-7-15)21-19(24)16-8-9-18(20-14-16)22-11-4-5-12-22/h1-3,6-9,14,17,23H,4-5,10-13H2,(H,21,24). The van der Waals surface area contributed by atoms with Gasteiger partial charge in [-0.3, -0.25) is 4.79 Å². The van der Waals surface area contributed by atoms with Crippen molar-refractivity contribution in [2.75, 3.05) is 24.6 Å². The van der Waals surface area contributed by atoms with Crippen molar-refractivity contribution in [3.63, 3.8) is 0 Å². The summed E-state index contributed by atoms with van der Waals surface area (Å²) in [6.45, 7) is 2.09. The van der Waals surface area contributed by atoms with Crippen molar-refractivity contribution in [2.45, 2.75) is 25.3 Å². The third-order valence-corrected chi connectivity index (χ3v) is 4.37. The van der Waals surface area contributed by atoms with Crippen LogP contribution in [0.25, 0.3) is 0 Å². The number of nitrogens with one attached hydrogen (secondary N) is 1. The monoisotopic (exact) mass is 325 g/mol. The molecule has 1 amide bonds. The van der Waals surface area contributed by atoms with Gasteiger partial charge in [0.2, 0.25) is 0 Å². The minimum atomic E-state index is -0.207. The average Bonchev–Trinajstić information content (AvgIpc) is 3.17. The first-order valence-corrected chi connectivity index (χ1v) is 8.45. The van der Waals surface area contributed by atoms with E-state index in [1.165, 1.54) is 12.8 Å². The molecular formula is C19H23N3O2. The number of carbonyl (C=O) groups excluding carboxylic acids is 1. The van der Waals surface area contributed by atoms with E-state index in [2.05, 4.69) is 15.2 Å². The maximum atomic E-state index is 12.5. The van der Waals surface area contributed by atoms with Crippen molar-refractivity contribution in [2.24, 2.45) is 0 Å². The second kappa shape index (κ2) is 7.93. The highest BCUT2D eigenvalue weighted by Crippen LogP contribution is 2.19. The molecule has 1 fully saturated rings. The zero-order chi connectivity index (χ0) is 16.8. The van der Waals surface area contributed by atoms with Gasteiger partial charge in [-0.15, -0.1) is 0 Å². The summed E-state index contributed by atoms with van der Waals surface area (Å²) in [5.74, 6) is 0.761. The molecular weight excluding hydrogens is 302 g/mol. The lowest BCUT2D eigenvalue weighted by atomic mass is 10.0. The van der Waals surface area contributed by atoms with Crippen LogP contribution in [0.3, 0.4) is 0 Å². The lowest BCUT2D eigenvalue weighted by Gasteiger charge is -2.19. The minimum Gasteiger partial charge on any atom is -0.396 e. The Kier molecular flexibility index (Phi) is 5.43. The molecule has 1 aromatic carbocycles. The molecule has 5 nitrogen and oxygen atoms in total. The summed E-state index contributed by atoms with van der Waals surface area (Å²) in [7, 11) is 0. The van der Waals surface area contributed by atoms with E-state index >= 15 is 0 Å². The molecule has 1 unspecified atom stereocenters. The van der Waals surface area contributed by atoms with Gasteiger partial charge in [-0.2, -0.15) is 0 Å². The van der Waals surface area contributed by atoms with Gasteiger partial charge in [0.15, 0.2) is 0 Å². The van der Waals surface area contributed by atoms with Crippen LogP contribution in [0.2, 0.25) is 0 Å². The predicted octanol–water partition coefficient (Wildman–Crippen LogP) is 2.54. The van der Waals surface area contributed by atoms with Crippen LogP contribution in [-0.4, -0.2) is 35.7 Å². The van der Waals surface area contributed by atoms with E-state index < -0.39 is 0 Å². The van der Waals surface area contributed by atoms with Gasteiger partial charge >= 0.3 is 0 Å². The molecule has 1 aliphatic rings. The van der Waals surface area contributed by atoms with E-state index in [9.17, 15) is 9.90 Å². The molecule has 1 aromatic heterocycles. The highest BCUT2D eigenvalue weighted by Gasteiger charge is 2.17. The fourth-order valence-electron chi connectivity index (χ4n) is 3.03. The molecule has 0 bridgehead atoms. The van der Waals surface area contributed by atoms with Crippen molar-refractivity contribution in [1.82, 2.24) is 10.3 Å². The second-order valence-corrected chi connectivity index (χ2v) is 6.05. The average molecular weight is 325 g/mol. The van der Waals surface area contributed by atoms with Gasteiger partial charge in [-0.25, -0.2) is 4.98 Å². The molecule has 3 rings (SSSR count). The lowest BCUT2D eigenvalue weighted by molar-refractivity contribution is 0.0929. The van der Waals surface area contributed by atoms with Crippen LogP contribution < -0.4 is 10.2 Å². The Morgan fingerprint density at radius 2 is 1.92 bits per heavy atom. The number of aliphatic hydroxyl groups excluding tert-OH is 1. The summed E-state index contributed by atoms with van der Waals surface area (Å²) < 4.78 is 0. The number of hydrogen-bond donors (Lipinski definition) is 2. The highest BCUT2D eigenvalue weighted by atomic mass is 16.3. The van der Waals surface area contributed by atoms with Crippen LogP contribution >= 0.6 is 0 Å². The van der Waals surface area contributed by atoms with Crippen molar-refractivity contribution in [1.29, 1.82) is 0 Å². The van der Waals surface area contributed by atoms with Gasteiger partial charge in [0.05, 0.1) is 11.6 Å². The lowest BCUT2D eigenvalue weighted by Crippen LogP contribution is -2.29. The number of anilines is 1. The van der Waals surface area contributed by atoms with Crippen LogP contribution in [0.5, 0.6) is 0 Å². The molecule has 2 aromatic rings. The number of pyridine rings is 1. The molecule has 24 heavy (non-hydrogen) atoms. The fourth-order valence-corrected chi connectivity index (χ4v) is 3.03. The number of rotatable bonds is 6. The molecule has 2 N–H and O–H groups in total. The largest absolute Gasteiger partial charge is 0.396 e. The van der Waals surface area contributed by atoms with E-state index in [0.29, 0.717) is 12.0 Å². The number of benzene rings is 1. The van der Waals surface area contributed by atoms with Gasteiger partial charge in [-0.1, -0.05) is 30.3 Å². The number of nitrogens with zero attached hydrogens (tertiary/aromatic N) is 2. The summed E-state index contributed by atoms with van der Waals surface area (Å²) in [5, 5.41) is 12.3. The molecule has 0 radical (unpaired) electrons. The van der Waals surface area contributed by atoms with Gasteiger partial charge in [-0.05, 0) is 37.0 Å². The number of aliphatic hydroxyl groups is 1. The van der Waals surface area contributed by atoms with Gasteiger partial charge in [0.1, 0.15) is 5.82 Å². The second-order valence-electron chi connectivity index (χ2n) is 6.05. The first-order chi connectivity index (χ1) is 11.8. The van der Waals surface area contributed by atoms with Crippen LogP contribution in [0.1, 0.15) is 41.2 Å². The third-order valence-electron chi connectivity index (χ3n) is 4.37. The van der Waals surface area contributed by atoms with Crippen molar-refractivity contribution in [3.05, 3.63) is 59.8 Å². The van der Waals surface area contributed by atoms with Crippen LogP contribution in [-0.2, 0) is 0 Å². The van der Waals surface area contributed by atoms with E-state index in [1.807, 2.05) is 42.5 Å². The topological polar surface area (TPSA) is 65.5 Å². The summed E-state index contributed by atoms with van der Waals surface area (Å²) in [4.78, 5) is 19.1. The SMILES string of the molecule is O=C(NC(CCO)c1ccccc1)c1ccc(N2CCCC2)nc1. The Labute approximate surface area is 142 Å². The normalized spacial score (nSPS) is 15.3. The van der Waals surface area contributed by atoms with Gasteiger partial charge in [0.25, 0.3) is 5.91 Å². The maximum absolute atomic E-state index is 12.5. The first-order valence-electron chi connectivity index (χ1n) is 8.45. The Bertz CT molecular complexity index is 652.